The lowest BCUT2D eigenvalue weighted by Gasteiger charge is -2.14. The van der Waals surface area contributed by atoms with E-state index < -0.39 is 6.10 Å². The van der Waals surface area contributed by atoms with Gasteiger partial charge in [0.15, 0.2) is 5.96 Å². The molecule has 3 aromatic rings. The molecule has 0 fully saturated rings. The van der Waals surface area contributed by atoms with Crippen LogP contribution in [0.1, 0.15) is 30.6 Å². The van der Waals surface area contributed by atoms with Gasteiger partial charge >= 0.3 is 0 Å². The molecule has 0 saturated heterocycles. The smallest absolute Gasteiger partial charge is 0.191 e. The number of aliphatic imine (C=N–C) groups is 1. The molecule has 0 amide bonds. The number of guanidine groups is 1. The van der Waals surface area contributed by atoms with Gasteiger partial charge in [-0.25, -0.2) is 14.4 Å². The first-order valence-electron chi connectivity index (χ1n) is 9.69. The zero-order valence-corrected chi connectivity index (χ0v) is 19.2. The largest absolute Gasteiger partial charge is 0.388 e. The lowest BCUT2D eigenvalue weighted by atomic mass is 10.1. The van der Waals surface area contributed by atoms with E-state index in [0.717, 1.165) is 11.1 Å². The first kappa shape index (κ1) is 23.8. The zero-order valence-electron chi connectivity index (χ0n) is 16.8. The Kier molecular flexibility index (Phi) is 9.75. The van der Waals surface area contributed by atoms with Gasteiger partial charge in [0.1, 0.15) is 5.82 Å². The molecule has 6 nitrogen and oxygen atoms in total. The van der Waals surface area contributed by atoms with Crippen LogP contribution in [0.2, 0.25) is 0 Å². The molecule has 0 spiro atoms. The summed E-state index contributed by atoms with van der Waals surface area (Å²) in [5.41, 5.74) is 2.12. The van der Waals surface area contributed by atoms with Crippen molar-refractivity contribution in [3.63, 3.8) is 0 Å². The quantitative estimate of drug-likeness (QED) is 0.239. The Morgan fingerprint density at radius 1 is 1.20 bits per heavy atom. The molecule has 2 aromatic carbocycles. The summed E-state index contributed by atoms with van der Waals surface area (Å²) >= 11 is 0. The highest BCUT2D eigenvalue weighted by atomic mass is 127. The fourth-order valence-electron chi connectivity index (χ4n) is 2.94. The number of nitrogens with one attached hydrogen (secondary N) is 2. The molecule has 1 heterocycles. The van der Waals surface area contributed by atoms with Gasteiger partial charge in [0.2, 0.25) is 0 Å². The highest BCUT2D eigenvalue weighted by molar-refractivity contribution is 14.0. The molecule has 1 unspecified atom stereocenters. The predicted octanol–water partition coefficient (Wildman–Crippen LogP) is 3.81. The first-order valence-corrected chi connectivity index (χ1v) is 9.69. The Bertz CT molecular complexity index is 919. The summed E-state index contributed by atoms with van der Waals surface area (Å²) in [5, 5.41) is 16.6. The monoisotopic (exact) mass is 523 g/mol. The summed E-state index contributed by atoms with van der Waals surface area (Å²) < 4.78 is 16.0. The normalized spacial score (nSPS) is 12.2. The molecule has 0 saturated carbocycles. The second-order valence-corrected chi connectivity index (χ2v) is 6.59. The number of aliphatic hydroxyl groups excluding tert-OH is 1. The number of aliphatic hydroxyl groups is 1. The number of rotatable bonds is 8. The van der Waals surface area contributed by atoms with Crippen LogP contribution < -0.4 is 10.6 Å². The van der Waals surface area contributed by atoms with E-state index in [4.69, 9.17) is 0 Å². The Balaban J connectivity index is 0.00000320. The fraction of sp³-hybridized carbons (Fsp3) is 0.273. The van der Waals surface area contributed by atoms with Crippen LogP contribution >= 0.6 is 24.0 Å². The number of hydrogen-bond acceptors (Lipinski definition) is 3. The molecule has 3 N–H and O–H groups in total. The van der Waals surface area contributed by atoms with E-state index >= 15 is 0 Å². The van der Waals surface area contributed by atoms with E-state index in [2.05, 4.69) is 20.6 Å². The number of imidazole rings is 1. The van der Waals surface area contributed by atoms with Crippen LogP contribution in [0.15, 0.2) is 72.2 Å². The standard InChI is InChI=1S/C22H26FN5O.HI/c1-2-25-22(26-11-10-21(29)18-6-4-3-5-7-18)27-15-17-8-9-20(19(23)14-17)28-13-12-24-16-28;/h3-9,12-14,16,21,29H,2,10-11,15H2,1H3,(H2,25,26,27);1H. The summed E-state index contributed by atoms with van der Waals surface area (Å²) in [7, 11) is 0. The summed E-state index contributed by atoms with van der Waals surface area (Å²) in [5.74, 6) is 0.312. The summed E-state index contributed by atoms with van der Waals surface area (Å²) in [6, 6.07) is 14.6. The number of nitrogens with zero attached hydrogens (tertiary/aromatic N) is 3. The highest BCUT2D eigenvalue weighted by Crippen LogP contribution is 2.16. The highest BCUT2D eigenvalue weighted by Gasteiger charge is 2.08. The van der Waals surface area contributed by atoms with Gasteiger partial charge in [-0.15, -0.1) is 24.0 Å². The molecule has 1 atom stereocenters. The molecule has 8 heteroatoms. The van der Waals surface area contributed by atoms with Crippen LogP contribution in [0.25, 0.3) is 5.69 Å². The molecular weight excluding hydrogens is 496 g/mol. The summed E-state index contributed by atoms with van der Waals surface area (Å²) in [4.78, 5) is 8.46. The van der Waals surface area contributed by atoms with Gasteiger partial charge in [-0.05, 0) is 36.6 Å². The minimum atomic E-state index is -0.531. The van der Waals surface area contributed by atoms with Gasteiger partial charge in [-0.2, -0.15) is 0 Å². The van der Waals surface area contributed by atoms with Gasteiger partial charge < -0.3 is 20.3 Å². The molecule has 160 valence electrons. The van der Waals surface area contributed by atoms with Gasteiger partial charge in [0.25, 0.3) is 0 Å². The number of halogens is 2. The second-order valence-electron chi connectivity index (χ2n) is 6.59. The number of benzene rings is 2. The minimum Gasteiger partial charge on any atom is -0.388 e. The zero-order chi connectivity index (χ0) is 20.5. The van der Waals surface area contributed by atoms with Crippen molar-refractivity contribution in [2.45, 2.75) is 26.0 Å². The van der Waals surface area contributed by atoms with Gasteiger partial charge in [0, 0.05) is 25.5 Å². The van der Waals surface area contributed by atoms with Crippen LogP contribution in [0.4, 0.5) is 4.39 Å². The molecule has 0 radical (unpaired) electrons. The van der Waals surface area contributed by atoms with Crippen LogP contribution in [0.5, 0.6) is 0 Å². The Morgan fingerprint density at radius 3 is 2.67 bits per heavy atom. The SMILES string of the molecule is CCNC(=NCc1ccc(-n2ccnc2)c(F)c1)NCCC(O)c1ccccc1.I. The fourth-order valence-corrected chi connectivity index (χ4v) is 2.94. The van der Waals surface area contributed by atoms with E-state index in [1.165, 1.54) is 6.07 Å². The van der Waals surface area contributed by atoms with E-state index in [-0.39, 0.29) is 29.8 Å². The van der Waals surface area contributed by atoms with E-state index in [1.54, 1.807) is 29.4 Å². The number of hydrogen-bond donors (Lipinski definition) is 3. The first-order chi connectivity index (χ1) is 14.2. The Morgan fingerprint density at radius 2 is 2.00 bits per heavy atom. The molecule has 0 aliphatic carbocycles. The third-order valence-electron chi connectivity index (χ3n) is 4.45. The van der Waals surface area contributed by atoms with Gasteiger partial charge in [0.05, 0.1) is 24.7 Å². The number of aromatic nitrogens is 2. The van der Waals surface area contributed by atoms with Crippen molar-refractivity contribution in [3.05, 3.63) is 84.2 Å². The Labute approximate surface area is 193 Å². The van der Waals surface area contributed by atoms with Crippen molar-refractivity contribution >= 4 is 29.9 Å². The van der Waals surface area contributed by atoms with Crippen LogP contribution in [-0.2, 0) is 6.54 Å². The predicted molar refractivity (Wildman–Crippen MR) is 128 cm³/mol. The third-order valence-corrected chi connectivity index (χ3v) is 4.45. The van der Waals surface area contributed by atoms with E-state index in [9.17, 15) is 9.50 Å². The van der Waals surface area contributed by atoms with Crippen molar-refractivity contribution in [1.82, 2.24) is 20.2 Å². The third kappa shape index (κ3) is 6.81. The lowest BCUT2D eigenvalue weighted by molar-refractivity contribution is 0.168. The second kappa shape index (κ2) is 12.3. The van der Waals surface area contributed by atoms with Gasteiger partial charge in [-0.3, -0.25) is 0 Å². The molecule has 0 bridgehead atoms. The van der Waals surface area contributed by atoms with Crippen LogP contribution in [-0.4, -0.2) is 33.7 Å². The topological polar surface area (TPSA) is 74.5 Å². The molecule has 1 aromatic heterocycles. The maximum absolute atomic E-state index is 14.4. The molecule has 30 heavy (non-hydrogen) atoms. The maximum atomic E-state index is 14.4. The Hall–Kier alpha value is -2.46. The van der Waals surface area contributed by atoms with Crippen LogP contribution in [0.3, 0.4) is 0 Å². The van der Waals surface area contributed by atoms with Gasteiger partial charge in [-0.1, -0.05) is 36.4 Å². The summed E-state index contributed by atoms with van der Waals surface area (Å²) in [6.45, 7) is 3.60. The van der Waals surface area contributed by atoms with Crippen LogP contribution in [0, 0.1) is 5.82 Å². The minimum absolute atomic E-state index is 0. The van der Waals surface area contributed by atoms with Crippen molar-refractivity contribution < 1.29 is 9.50 Å². The van der Waals surface area contributed by atoms with Crippen molar-refractivity contribution in [2.75, 3.05) is 13.1 Å². The van der Waals surface area contributed by atoms with E-state index in [1.807, 2.05) is 43.3 Å². The maximum Gasteiger partial charge on any atom is 0.191 e. The molecule has 3 rings (SSSR count). The molecule has 0 aliphatic heterocycles. The average molecular weight is 523 g/mol. The average Bonchev–Trinajstić information content (AvgIpc) is 3.27. The molecular formula is C22H27FIN5O. The summed E-state index contributed by atoms with van der Waals surface area (Å²) in [6.07, 6.45) is 4.90. The van der Waals surface area contributed by atoms with Crippen molar-refractivity contribution in [3.8, 4) is 5.69 Å². The van der Waals surface area contributed by atoms with Crippen molar-refractivity contribution in [2.24, 2.45) is 4.99 Å². The van der Waals surface area contributed by atoms with E-state index in [0.29, 0.717) is 37.7 Å². The van der Waals surface area contributed by atoms with Crippen molar-refractivity contribution in [1.29, 1.82) is 0 Å². The molecule has 0 aliphatic rings. The lowest BCUT2D eigenvalue weighted by Crippen LogP contribution is -2.38.